The minimum absolute atomic E-state index is 0.391. The normalized spacial score (nSPS) is 12.8. The van der Waals surface area contributed by atoms with Gasteiger partial charge in [0, 0.05) is 11.8 Å². The molecule has 3 aromatic rings. The number of aryl methyl sites for hydroxylation is 1. The lowest BCUT2D eigenvalue weighted by atomic mass is 10.1. The standard InChI is InChI=1S/C14H12FN3O/c1-8-2-5-12-11(18-8)6-13(19-12)14(16)10-4-3-9(15)7-17-10/h2-7,14H,16H2,1H3. The van der Waals surface area contributed by atoms with E-state index in [1.165, 1.54) is 6.07 Å². The van der Waals surface area contributed by atoms with Crippen molar-refractivity contribution in [3.8, 4) is 0 Å². The van der Waals surface area contributed by atoms with E-state index in [0.29, 0.717) is 17.0 Å². The summed E-state index contributed by atoms with van der Waals surface area (Å²) >= 11 is 0. The van der Waals surface area contributed by atoms with Crippen LogP contribution < -0.4 is 5.73 Å². The summed E-state index contributed by atoms with van der Waals surface area (Å²) < 4.78 is 18.5. The van der Waals surface area contributed by atoms with Gasteiger partial charge in [-0.2, -0.15) is 0 Å². The SMILES string of the molecule is Cc1ccc2oc(C(N)c3ccc(F)cn3)cc2n1. The third kappa shape index (κ3) is 2.20. The van der Waals surface area contributed by atoms with Crippen molar-refractivity contribution in [2.24, 2.45) is 5.73 Å². The van der Waals surface area contributed by atoms with Crippen molar-refractivity contribution in [3.63, 3.8) is 0 Å². The van der Waals surface area contributed by atoms with E-state index in [2.05, 4.69) is 9.97 Å². The molecule has 3 aromatic heterocycles. The molecule has 96 valence electrons. The summed E-state index contributed by atoms with van der Waals surface area (Å²) in [6.45, 7) is 1.91. The summed E-state index contributed by atoms with van der Waals surface area (Å²) in [5.41, 5.74) is 8.96. The van der Waals surface area contributed by atoms with Crippen LogP contribution in [0.1, 0.15) is 23.2 Å². The van der Waals surface area contributed by atoms with Crippen LogP contribution >= 0.6 is 0 Å². The number of aromatic nitrogens is 2. The molecule has 0 saturated carbocycles. The van der Waals surface area contributed by atoms with Gasteiger partial charge in [0.25, 0.3) is 0 Å². The number of hydrogen-bond donors (Lipinski definition) is 1. The van der Waals surface area contributed by atoms with E-state index >= 15 is 0 Å². The molecule has 19 heavy (non-hydrogen) atoms. The Morgan fingerprint density at radius 3 is 2.84 bits per heavy atom. The predicted octanol–water partition coefficient (Wildman–Crippen LogP) is 2.72. The molecule has 0 aliphatic rings. The second kappa shape index (κ2) is 4.44. The summed E-state index contributed by atoms with van der Waals surface area (Å²) in [6.07, 6.45) is 1.14. The lowest BCUT2D eigenvalue weighted by Gasteiger charge is -2.07. The highest BCUT2D eigenvalue weighted by Crippen LogP contribution is 2.25. The fourth-order valence-electron chi connectivity index (χ4n) is 1.92. The molecule has 0 fully saturated rings. The largest absolute Gasteiger partial charge is 0.457 e. The minimum atomic E-state index is -0.532. The van der Waals surface area contributed by atoms with Gasteiger partial charge in [0.2, 0.25) is 0 Å². The zero-order chi connectivity index (χ0) is 13.4. The number of pyridine rings is 2. The van der Waals surface area contributed by atoms with Crippen LogP contribution in [0.15, 0.2) is 40.9 Å². The maximum Gasteiger partial charge on any atom is 0.152 e. The molecule has 0 bridgehead atoms. The molecule has 4 nitrogen and oxygen atoms in total. The summed E-state index contributed by atoms with van der Waals surface area (Å²) in [6, 6.07) is 7.86. The number of nitrogens with two attached hydrogens (primary N) is 1. The molecule has 0 radical (unpaired) electrons. The summed E-state index contributed by atoms with van der Waals surface area (Å²) in [5.74, 6) is 0.171. The highest BCUT2D eigenvalue weighted by atomic mass is 19.1. The molecule has 1 unspecified atom stereocenters. The summed E-state index contributed by atoms with van der Waals surface area (Å²) in [5, 5.41) is 0. The van der Waals surface area contributed by atoms with Gasteiger partial charge in [-0.25, -0.2) is 9.37 Å². The quantitative estimate of drug-likeness (QED) is 0.766. The Morgan fingerprint density at radius 2 is 2.11 bits per heavy atom. The number of nitrogens with zero attached hydrogens (tertiary/aromatic N) is 2. The van der Waals surface area contributed by atoms with Gasteiger partial charge in [0.15, 0.2) is 5.58 Å². The average Bonchev–Trinajstić information content (AvgIpc) is 2.81. The highest BCUT2D eigenvalue weighted by molar-refractivity contribution is 5.73. The second-order valence-corrected chi connectivity index (χ2v) is 4.36. The Kier molecular flexibility index (Phi) is 2.76. The smallest absolute Gasteiger partial charge is 0.152 e. The molecule has 3 rings (SSSR count). The molecular formula is C14H12FN3O. The van der Waals surface area contributed by atoms with Crippen molar-refractivity contribution in [2.45, 2.75) is 13.0 Å². The van der Waals surface area contributed by atoms with Crippen LogP contribution in [0.3, 0.4) is 0 Å². The van der Waals surface area contributed by atoms with Crippen LogP contribution in [0.2, 0.25) is 0 Å². The van der Waals surface area contributed by atoms with E-state index in [0.717, 1.165) is 17.4 Å². The maximum absolute atomic E-state index is 12.8. The number of rotatable bonds is 2. The predicted molar refractivity (Wildman–Crippen MR) is 69.0 cm³/mol. The second-order valence-electron chi connectivity index (χ2n) is 4.36. The van der Waals surface area contributed by atoms with E-state index < -0.39 is 11.9 Å². The molecule has 0 spiro atoms. The first kappa shape index (κ1) is 11.8. The van der Waals surface area contributed by atoms with Gasteiger partial charge in [-0.05, 0) is 31.2 Å². The van der Waals surface area contributed by atoms with Gasteiger partial charge >= 0.3 is 0 Å². The zero-order valence-electron chi connectivity index (χ0n) is 10.3. The van der Waals surface area contributed by atoms with Crippen molar-refractivity contribution >= 4 is 11.1 Å². The Balaban J connectivity index is 2.01. The topological polar surface area (TPSA) is 64.9 Å². The molecule has 5 heteroatoms. The van der Waals surface area contributed by atoms with Crippen LogP contribution in [0.5, 0.6) is 0 Å². The number of fused-ring (bicyclic) bond motifs is 1. The van der Waals surface area contributed by atoms with E-state index in [1.807, 2.05) is 19.1 Å². The lowest BCUT2D eigenvalue weighted by molar-refractivity contribution is 0.519. The van der Waals surface area contributed by atoms with Crippen LogP contribution in [0.25, 0.3) is 11.1 Å². The third-order valence-corrected chi connectivity index (χ3v) is 2.91. The van der Waals surface area contributed by atoms with Crippen LogP contribution in [-0.4, -0.2) is 9.97 Å². The van der Waals surface area contributed by atoms with Crippen LogP contribution in [-0.2, 0) is 0 Å². The van der Waals surface area contributed by atoms with Crippen molar-refractivity contribution in [1.82, 2.24) is 9.97 Å². The molecular weight excluding hydrogens is 245 g/mol. The lowest BCUT2D eigenvalue weighted by Crippen LogP contribution is -2.12. The minimum Gasteiger partial charge on any atom is -0.457 e. The van der Waals surface area contributed by atoms with Crippen LogP contribution in [0.4, 0.5) is 4.39 Å². The van der Waals surface area contributed by atoms with Gasteiger partial charge < -0.3 is 10.2 Å². The van der Waals surface area contributed by atoms with Crippen molar-refractivity contribution < 1.29 is 8.81 Å². The molecule has 0 aromatic carbocycles. The van der Waals surface area contributed by atoms with Gasteiger partial charge in [-0.3, -0.25) is 4.98 Å². The number of furan rings is 1. The van der Waals surface area contributed by atoms with Gasteiger partial charge in [-0.15, -0.1) is 0 Å². The van der Waals surface area contributed by atoms with Crippen LogP contribution in [0, 0.1) is 12.7 Å². The maximum atomic E-state index is 12.8. The van der Waals surface area contributed by atoms with Gasteiger partial charge in [0.1, 0.15) is 23.1 Å². The number of hydrogen-bond acceptors (Lipinski definition) is 4. The molecule has 2 N–H and O–H groups in total. The Morgan fingerprint density at radius 1 is 1.26 bits per heavy atom. The summed E-state index contributed by atoms with van der Waals surface area (Å²) in [7, 11) is 0. The molecule has 1 atom stereocenters. The van der Waals surface area contributed by atoms with Crippen molar-refractivity contribution in [1.29, 1.82) is 0 Å². The van der Waals surface area contributed by atoms with E-state index in [1.54, 1.807) is 12.1 Å². The molecule has 0 amide bonds. The first-order valence-electron chi connectivity index (χ1n) is 5.87. The molecule has 3 heterocycles. The fourth-order valence-corrected chi connectivity index (χ4v) is 1.92. The van der Waals surface area contributed by atoms with Gasteiger partial charge in [0.05, 0.1) is 11.9 Å². The monoisotopic (exact) mass is 257 g/mol. The fraction of sp³-hybridized carbons (Fsp3) is 0.143. The molecule has 0 aliphatic carbocycles. The van der Waals surface area contributed by atoms with Crippen molar-refractivity contribution in [2.75, 3.05) is 0 Å². The van der Waals surface area contributed by atoms with Crippen molar-refractivity contribution in [3.05, 3.63) is 59.5 Å². The Hall–Kier alpha value is -2.27. The summed E-state index contributed by atoms with van der Waals surface area (Å²) in [4.78, 5) is 8.32. The van der Waals surface area contributed by atoms with E-state index in [-0.39, 0.29) is 0 Å². The Labute approximate surface area is 109 Å². The highest BCUT2D eigenvalue weighted by Gasteiger charge is 2.16. The van der Waals surface area contributed by atoms with E-state index in [4.69, 9.17) is 10.2 Å². The van der Waals surface area contributed by atoms with E-state index in [9.17, 15) is 4.39 Å². The van der Waals surface area contributed by atoms with Gasteiger partial charge in [-0.1, -0.05) is 0 Å². The Bertz CT molecular complexity index is 721. The first-order chi connectivity index (χ1) is 9.13. The third-order valence-electron chi connectivity index (χ3n) is 2.91. The number of halogens is 1. The first-order valence-corrected chi connectivity index (χ1v) is 5.87. The molecule has 0 saturated heterocycles. The average molecular weight is 257 g/mol. The molecule has 0 aliphatic heterocycles. The zero-order valence-corrected chi connectivity index (χ0v) is 10.3.